The van der Waals surface area contributed by atoms with Crippen molar-refractivity contribution in [2.24, 2.45) is 0 Å². The minimum absolute atomic E-state index is 0.0290. The Kier molecular flexibility index (Phi) is 10.8. The number of para-hydroxylation sites is 1. The van der Waals surface area contributed by atoms with E-state index in [2.05, 4.69) is 31.4 Å². The highest BCUT2D eigenvalue weighted by molar-refractivity contribution is 5.98. The summed E-state index contributed by atoms with van der Waals surface area (Å²) >= 11 is 0. The first-order valence-corrected chi connectivity index (χ1v) is 16.1. The molecule has 3 N–H and O–H groups in total. The van der Waals surface area contributed by atoms with Gasteiger partial charge in [-0.15, -0.1) is 10.2 Å². The molecule has 246 valence electrons. The second-order valence-electron chi connectivity index (χ2n) is 11.7. The van der Waals surface area contributed by atoms with Gasteiger partial charge in [0.2, 0.25) is 5.91 Å². The third-order valence-electron chi connectivity index (χ3n) is 8.44. The van der Waals surface area contributed by atoms with Gasteiger partial charge in [-0.1, -0.05) is 109 Å². The van der Waals surface area contributed by atoms with Crippen LogP contribution in [0.2, 0.25) is 0 Å². The van der Waals surface area contributed by atoms with Crippen molar-refractivity contribution in [3.8, 4) is 0 Å². The van der Waals surface area contributed by atoms with Gasteiger partial charge >= 0.3 is 6.09 Å². The number of amides is 2. The van der Waals surface area contributed by atoms with Gasteiger partial charge in [0.05, 0.1) is 32.4 Å². The Balaban J connectivity index is 1.10. The summed E-state index contributed by atoms with van der Waals surface area (Å²) in [7, 11) is 1.29. The zero-order valence-electron chi connectivity index (χ0n) is 26.7. The molecule has 1 saturated heterocycles. The van der Waals surface area contributed by atoms with E-state index in [1.807, 2.05) is 115 Å². The van der Waals surface area contributed by atoms with Crippen LogP contribution in [0.3, 0.4) is 0 Å². The number of morpholine rings is 1. The summed E-state index contributed by atoms with van der Waals surface area (Å²) in [5, 5.41) is 22.4. The normalized spacial score (nSPS) is 16.6. The fraction of sp³-hybridized carbons (Fsp3) is 0.270. The Labute approximate surface area is 279 Å². The first kappa shape index (κ1) is 32.5. The van der Waals surface area contributed by atoms with Crippen LogP contribution in [0.25, 0.3) is 0 Å². The number of nitrogens with one attached hydrogen (secondary N) is 3. The average Bonchev–Trinajstić information content (AvgIpc) is 3.60. The van der Waals surface area contributed by atoms with Crippen molar-refractivity contribution in [2.45, 2.75) is 43.5 Å². The summed E-state index contributed by atoms with van der Waals surface area (Å²) in [5.74, 6) is -0.198. The lowest BCUT2D eigenvalue weighted by molar-refractivity contribution is -0.118. The molecule has 6 rings (SSSR count). The van der Waals surface area contributed by atoms with Gasteiger partial charge in [-0.3, -0.25) is 4.79 Å². The van der Waals surface area contributed by atoms with E-state index in [0.717, 1.165) is 28.7 Å². The van der Waals surface area contributed by atoms with Crippen LogP contribution in [0.4, 0.5) is 10.5 Å². The van der Waals surface area contributed by atoms with Gasteiger partial charge < -0.3 is 25.4 Å². The second-order valence-corrected chi connectivity index (χ2v) is 11.7. The van der Waals surface area contributed by atoms with Crippen LogP contribution >= 0.6 is 0 Å². The van der Waals surface area contributed by atoms with E-state index in [4.69, 9.17) is 9.47 Å². The van der Waals surface area contributed by atoms with Gasteiger partial charge in [0, 0.05) is 18.2 Å². The quantitative estimate of drug-likeness (QED) is 0.175. The number of anilines is 1. The van der Waals surface area contributed by atoms with Crippen LogP contribution in [0, 0.1) is 0 Å². The zero-order valence-corrected chi connectivity index (χ0v) is 26.7. The standard InChI is InChI=1S/C37H39N7O4/c1-47-37(46)40-34(33(28-16-7-3-8-17-28)29-18-9-4-10-19-29)36(45)39-31-20-12-11-15-27(31)21-22-30-23-38-32(25-48-30)35-41-43-44(42-35)24-26-13-5-2-6-14-26/h2-20,30,32-34,38H,21-25H2,1H3,(H,39,45)(H,40,46)/t30-,32+,34+/m1/s1. The summed E-state index contributed by atoms with van der Waals surface area (Å²) in [6, 6.07) is 36.0. The third kappa shape index (κ3) is 8.30. The van der Waals surface area contributed by atoms with Crippen LogP contribution in [0.5, 0.6) is 0 Å². The molecule has 1 aromatic heterocycles. The number of tetrazole rings is 1. The lowest BCUT2D eigenvalue weighted by atomic mass is 9.84. The molecule has 0 unspecified atom stereocenters. The summed E-state index contributed by atoms with van der Waals surface area (Å²) in [5.41, 5.74) is 4.54. The molecule has 0 radical (unpaired) electrons. The molecule has 3 atom stereocenters. The number of aryl methyl sites for hydroxylation is 1. The van der Waals surface area contributed by atoms with Gasteiger partial charge in [0.15, 0.2) is 5.82 Å². The smallest absolute Gasteiger partial charge is 0.407 e. The van der Waals surface area contributed by atoms with E-state index in [0.29, 0.717) is 37.6 Å². The number of hydrogen-bond donors (Lipinski definition) is 3. The Morgan fingerprint density at radius 2 is 1.56 bits per heavy atom. The number of rotatable bonds is 12. The van der Waals surface area contributed by atoms with Crippen molar-refractivity contribution in [1.82, 2.24) is 30.8 Å². The third-order valence-corrected chi connectivity index (χ3v) is 8.44. The molecule has 1 fully saturated rings. The van der Waals surface area contributed by atoms with Crippen molar-refractivity contribution < 1.29 is 19.1 Å². The van der Waals surface area contributed by atoms with Crippen molar-refractivity contribution in [3.05, 3.63) is 143 Å². The summed E-state index contributed by atoms with van der Waals surface area (Å²) < 4.78 is 11.1. The topological polar surface area (TPSA) is 132 Å². The Bertz CT molecular complexity index is 1720. The Morgan fingerprint density at radius 1 is 0.917 bits per heavy atom. The van der Waals surface area contributed by atoms with Crippen molar-refractivity contribution in [2.75, 3.05) is 25.6 Å². The first-order chi connectivity index (χ1) is 23.6. The highest BCUT2D eigenvalue weighted by atomic mass is 16.5. The van der Waals surface area contributed by atoms with Crippen molar-refractivity contribution >= 4 is 17.7 Å². The zero-order chi connectivity index (χ0) is 33.1. The molecule has 0 spiro atoms. The van der Waals surface area contributed by atoms with E-state index < -0.39 is 18.1 Å². The molecule has 0 bridgehead atoms. The molecule has 48 heavy (non-hydrogen) atoms. The molecule has 1 aliphatic heterocycles. The number of methoxy groups -OCH3 is 1. The fourth-order valence-corrected chi connectivity index (χ4v) is 5.96. The Hall–Kier alpha value is -5.39. The summed E-state index contributed by atoms with van der Waals surface area (Å²) in [6.07, 6.45) is 0.698. The van der Waals surface area contributed by atoms with Crippen LogP contribution < -0.4 is 16.0 Å². The monoisotopic (exact) mass is 645 g/mol. The number of ether oxygens (including phenoxy) is 2. The van der Waals surface area contributed by atoms with Crippen molar-refractivity contribution in [3.63, 3.8) is 0 Å². The molecule has 0 saturated carbocycles. The summed E-state index contributed by atoms with van der Waals surface area (Å²) in [6.45, 7) is 1.62. The predicted octanol–water partition coefficient (Wildman–Crippen LogP) is 4.88. The van der Waals surface area contributed by atoms with Gasteiger partial charge in [-0.05, 0) is 46.4 Å². The van der Waals surface area contributed by atoms with E-state index in [1.54, 1.807) is 4.80 Å². The van der Waals surface area contributed by atoms with E-state index >= 15 is 0 Å². The molecule has 11 nitrogen and oxygen atoms in total. The minimum Gasteiger partial charge on any atom is -0.453 e. The first-order valence-electron chi connectivity index (χ1n) is 16.1. The van der Waals surface area contributed by atoms with E-state index in [1.165, 1.54) is 7.11 Å². The van der Waals surface area contributed by atoms with Crippen LogP contribution in [-0.4, -0.2) is 64.6 Å². The maximum absolute atomic E-state index is 14.1. The number of benzene rings is 4. The number of hydrogen-bond acceptors (Lipinski definition) is 8. The molecule has 5 aromatic rings. The van der Waals surface area contributed by atoms with Gasteiger partial charge in [0.1, 0.15) is 6.04 Å². The van der Waals surface area contributed by atoms with Crippen LogP contribution in [0.15, 0.2) is 115 Å². The van der Waals surface area contributed by atoms with E-state index in [9.17, 15) is 9.59 Å². The molecule has 2 heterocycles. The number of alkyl carbamates (subject to hydrolysis) is 1. The number of aromatic nitrogens is 4. The van der Waals surface area contributed by atoms with Gasteiger partial charge in [-0.2, -0.15) is 4.80 Å². The van der Waals surface area contributed by atoms with Crippen LogP contribution in [-0.2, 0) is 27.2 Å². The van der Waals surface area contributed by atoms with Crippen molar-refractivity contribution in [1.29, 1.82) is 0 Å². The summed E-state index contributed by atoms with van der Waals surface area (Å²) in [4.78, 5) is 28.2. The molecule has 1 aliphatic rings. The number of carbonyl (C=O) groups excluding carboxylic acids is 2. The maximum Gasteiger partial charge on any atom is 0.407 e. The predicted molar refractivity (Wildman–Crippen MR) is 181 cm³/mol. The lowest BCUT2D eigenvalue weighted by Crippen LogP contribution is -2.48. The average molecular weight is 646 g/mol. The van der Waals surface area contributed by atoms with Gasteiger partial charge in [0.25, 0.3) is 0 Å². The highest BCUT2D eigenvalue weighted by Crippen LogP contribution is 2.30. The molecular formula is C37H39N7O4. The fourth-order valence-electron chi connectivity index (χ4n) is 5.96. The molecule has 2 amide bonds. The number of carbonyl (C=O) groups is 2. The molecule has 4 aromatic carbocycles. The number of nitrogens with zero attached hydrogens (tertiary/aromatic N) is 4. The maximum atomic E-state index is 14.1. The lowest BCUT2D eigenvalue weighted by Gasteiger charge is -2.29. The highest BCUT2D eigenvalue weighted by Gasteiger charge is 2.33. The SMILES string of the molecule is COC(=O)N[C@H](C(=O)Nc1ccccc1CC[C@@H]1CN[C@H](c2nnn(Cc3ccccc3)n2)CO1)C(c1ccccc1)c1ccccc1. The minimum atomic E-state index is -0.947. The van der Waals surface area contributed by atoms with E-state index in [-0.39, 0.29) is 18.1 Å². The van der Waals surface area contributed by atoms with Crippen LogP contribution in [0.1, 0.15) is 46.5 Å². The molecule has 11 heteroatoms. The second kappa shape index (κ2) is 15.9. The largest absolute Gasteiger partial charge is 0.453 e. The molecule has 0 aliphatic carbocycles. The van der Waals surface area contributed by atoms with Gasteiger partial charge in [-0.25, -0.2) is 4.79 Å². The molecular weight excluding hydrogens is 606 g/mol. The Morgan fingerprint density at radius 3 is 2.21 bits per heavy atom.